The summed E-state index contributed by atoms with van der Waals surface area (Å²) in [7, 11) is 2.08. The zero-order valence-corrected chi connectivity index (χ0v) is 11.9. The second kappa shape index (κ2) is 6.86. The van der Waals surface area contributed by atoms with E-state index in [1.165, 1.54) is 6.07 Å². The molecule has 18 heavy (non-hydrogen) atoms. The highest BCUT2D eigenvalue weighted by molar-refractivity contribution is 5.26. The number of nitrogens with zero attached hydrogens (tertiary/aromatic N) is 1. The van der Waals surface area contributed by atoms with Crippen LogP contribution in [0, 0.1) is 18.7 Å². The quantitative estimate of drug-likeness (QED) is 0.843. The average Bonchev–Trinajstić information content (AvgIpc) is 2.32. The molecule has 2 nitrogen and oxygen atoms in total. The van der Waals surface area contributed by atoms with E-state index < -0.39 is 0 Å². The predicted octanol–water partition coefficient (Wildman–Crippen LogP) is 3.11. The fraction of sp³-hybridized carbons (Fsp3) is 0.600. The molecule has 1 atom stereocenters. The van der Waals surface area contributed by atoms with E-state index in [1.54, 1.807) is 6.92 Å². The van der Waals surface area contributed by atoms with Gasteiger partial charge in [0.2, 0.25) is 0 Å². The number of likely N-dealkylation sites (N-methyl/N-ethyl adjacent to an activating group) is 1. The predicted molar refractivity (Wildman–Crippen MR) is 75.0 cm³/mol. The van der Waals surface area contributed by atoms with Crippen LogP contribution in [0.3, 0.4) is 0 Å². The Morgan fingerprint density at radius 1 is 1.33 bits per heavy atom. The summed E-state index contributed by atoms with van der Waals surface area (Å²) < 4.78 is 13.3. The Hall–Kier alpha value is -0.930. The molecule has 0 aliphatic carbocycles. The van der Waals surface area contributed by atoms with Gasteiger partial charge in [0.05, 0.1) is 0 Å². The molecule has 0 saturated carbocycles. The first-order chi connectivity index (χ1) is 8.45. The largest absolute Gasteiger partial charge is 0.329 e. The zero-order valence-electron chi connectivity index (χ0n) is 11.9. The summed E-state index contributed by atoms with van der Waals surface area (Å²) in [6.45, 7) is 7.79. The maximum atomic E-state index is 13.3. The van der Waals surface area contributed by atoms with Crippen LogP contribution < -0.4 is 5.73 Å². The van der Waals surface area contributed by atoms with Gasteiger partial charge in [-0.3, -0.25) is 4.90 Å². The Bertz CT molecular complexity index is 377. The van der Waals surface area contributed by atoms with Gasteiger partial charge in [-0.1, -0.05) is 26.0 Å². The van der Waals surface area contributed by atoms with Crippen LogP contribution in [0.15, 0.2) is 18.2 Å². The summed E-state index contributed by atoms with van der Waals surface area (Å²) in [5, 5.41) is 0. The van der Waals surface area contributed by atoms with Crippen molar-refractivity contribution in [2.45, 2.75) is 33.2 Å². The van der Waals surface area contributed by atoms with Gasteiger partial charge in [-0.15, -0.1) is 0 Å². The number of halogens is 1. The third-order valence-electron chi connectivity index (χ3n) is 3.38. The second-order valence-electron chi connectivity index (χ2n) is 5.42. The monoisotopic (exact) mass is 252 g/mol. The normalized spacial score (nSPS) is 13.3. The molecule has 3 heteroatoms. The molecule has 0 radical (unpaired) electrons. The Morgan fingerprint density at radius 3 is 2.50 bits per heavy atom. The van der Waals surface area contributed by atoms with Crippen LogP contribution in [0.4, 0.5) is 4.39 Å². The molecular weight excluding hydrogens is 227 g/mol. The summed E-state index contributed by atoms with van der Waals surface area (Å²) in [5.41, 5.74) is 7.65. The molecule has 0 heterocycles. The summed E-state index contributed by atoms with van der Waals surface area (Å²) in [4.78, 5) is 2.26. The standard InChI is InChI=1S/C15H25FN2/c1-11(2)7-8-18(4)15(10-17)13-5-6-14(16)12(3)9-13/h5-6,9,11,15H,7-8,10,17H2,1-4H3. The number of benzene rings is 1. The minimum Gasteiger partial charge on any atom is -0.329 e. The van der Waals surface area contributed by atoms with Crippen LogP contribution >= 0.6 is 0 Å². The number of nitrogens with two attached hydrogens (primary N) is 1. The van der Waals surface area contributed by atoms with Crippen molar-refractivity contribution in [3.05, 3.63) is 35.1 Å². The van der Waals surface area contributed by atoms with Crippen molar-refractivity contribution >= 4 is 0 Å². The maximum Gasteiger partial charge on any atom is 0.126 e. The van der Waals surface area contributed by atoms with E-state index in [1.807, 2.05) is 12.1 Å². The Morgan fingerprint density at radius 2 is 2.00 bits per heavy atom. The molecule has 1 aromatic carbocycles. The molecule has 0 bridgehead atoms. The van der Waals surface area contributed by atoms with Gasteiger partial charge < -0.3 is 5.73 Å². The first kappa shape index (κ1) is 15.1. The van der Waals surface area contributed by atoms with E-state index >= 15 is 0 Å². The highest BCUT2D eigenvalue weighted by Gasteiger charge is 2.16. The first-order valence-electron chi connectivity index (χ1n) is 6.62. The van der Waals surface area contributed by atoms with E-state index in [9.17, 15) is 4.39 Å². The first-order valence-corrected chi connectivity index (χ1v) is 6.62. The molecule has 2 N–H and O–H groups in total. The van der Waals surface area contributed by atoms with Gasteiger partial charge in [-0.2, -0.15) is 0 Å². The van der Waals surface area contributed by atoms with E-state index in [0.717, 1.165) is 18.5 Å². The third-order valence-corrected chi connectivity index (χ3v) is 3.38. The fourth-order valence-corrected chi connectivity index (χ4v) is 2.06. The lowest BCUT2D eigenvalue weighted by atomic mass is 10.0. The summed E-state index contributed by atoms with van der Waals surface area (Å²) in [5.74, 6) is 0.528. The Kier molecular flexibility index (Phi) is 5.76. The van der Waals surface area contributed by atoms with Crippen molar-refractivity contribution < 1.29 is 4.39 Å². The van der Waals surface area contributed by atoms with Crippen LogP contribution in [-0.4, -0.2) is 25.0 Å². The topological polar surface area (TPSA) is 29.3 Å². The molecule has 1 rings (SSSR count). The van der Waals surface area contributed by atoms with E-state index in [4.69, 9.17) is 5.73 Å². The Labute approximate surface area is 110 Å². The smallest absolute Gasteiger partial charge is 0.126 e. The van der Waals surface area contributed by atoms with Crippen LogP contribution in [0.2, 0.25) is 0 Å². The van der Waals surface area contributed by atoms with E-state index in [-0.39, 0.29) is 11.9 Å². The number of rotatable bonds is 6. The van der Waals surface area contributed by atoms with Crippen LogP contribution in [0.25, 0.3) is 0 Å². The van der Waals surface area contributed by atoms with Crippen molar-refractivity contribution in [3.8, 4) is 0 Å². The maximum absolute atomic E-state index is 13.3. The molecule has 0 aliphatic heterocycles. The lowest BCUT2D eigenvalue weighted by Gasteiger charge is -2.28. The zero-order chi connectivity index (χ0) is 13.7. The molecule has 0 saturated heterocycles. The molecule has 0 spiro atoms. The van der Waals surface area contributed by atoms with Gasteiger partial charge in [0.25, 0.3) is 0 Å². The van der Waals surface area contributed by atoms with Crippen molar-refractivity contribution in [2.75, 3.05) is 20.1 Å². The molecule has 1 aromatic rings. The van der Waals surface area contributed by atoms with E-state index in [0.29, 0.717) is 18.0 Å². The SMILES string of the molecule is Cc1cc(C(CN)N(C)CCC(C)C)ccc1F. The molecule has 102 valence electrons. The fourth-order valence-electron chi connectivity index (χ4n) is 2.06. The lowest BCUT2D eigenvalue weighted by molar-refractivity contribution is 0.236. The van der Waals surface area contributed by atoms with Crippen molar-refractivity contribution in [2.24, 2.45) is 11.7 Å². The van der Waals surface area contributed by atoms with Crippen molar-refractivity contribution in [1.82, 2.24) is 4.90 Å². The van der Waals surface area contributed by atoms with Crippen LogP contribution in [0.1, 0.15) is 37.4 Å². The molecule has 0 aliphatic rings. The van der Waals surface area contributed by atoms with Gasteiger partial charge >= 0.3 is 0 Å². The van der Waals surface area contributed by atoms with Crippen molar-refractivity contribution in [1.29, 1.82) is 0 Å². The van der Waals surface area contributed by atoms with Crippen LogP contribution in [-0.2, 0) is 0 Å². The van der Waals surface area contributed by atoms with Gasteiger partial charge in [0.1, 0.15) is 5.82 Å². The van der Waals surface area contributed by atoms with Crippen molar-refractivity contribution in [3.63, 3.8) is 0 Å². The minimum absolute atomic E-state index is 0.153. The number of aryl methyl sites for hydroxylation is 1. The van der Waals surface area contributed by atoms with Gasteiger partial charge in [0.15, 0.2) is 0 Å². The number of hydrogen-bond donors (Lipinski definition) is 1. The number of hydrogen-bond acceptors (Lipinski definition) is 2. The Balaban J connectivity index is 2.78. The third kappa shape index (κ3) is 4.07. The summed E-state index contributed by atoms with van der Waals surface area (Å²) in [6.07, 6.45) is 1.15. The van der Waals surface area contributed by atoms with Gasteiger partial charge in [0, 0.05) is 12.6 Å². The van der Waals surface area contributed by atoms with E-state index in [2.05, 4.69) is 25.8 Å². The molecule has 0 fully saturated rings. The average molecular weight is 252 g/mol. The van der Waals surface area contributed by atoms with Gasteiger partial charge in [-0.05, 0) is 50.0 Å². The van der Waals surface area contributed by atoms with Gasteiger partial charge in [-0.25, -0.2) is 4.39 Å². The summed E-state index contributed by atoms with van der Waals surface area (Å²) >= 11 is 0. The highest BCUT2D eigenvalue weighted by Crippen LogP contribution is 2.21. The molecule has 0 aromatic heterocycles. The molecule has 0 amide bonds. The second-order valence-corrected chi connectivity index (χ2v) is 5.42. The summed E-state index contributed by atoms with van der Waals surface area (Å²) in [6, 6.07) is 5.44. The minimum atomic E-state index is -0.153. The lowest BCUT2D eigenvalue weighted by Crippen LogP contribution is -2.32. The highest BCUT2D eigenvalue weighted by atomic mass is 19.1. The van der Waals surface area contributed by atoms with Crippen LogP contribution in [0.5, 0.6) is 0 Å². The molecule has 1 unspecified atom stereocenters. The molecular formula is C15H25FN2.